The Kier molecular flexibility index (Phi) is 5.20. The fourth-order valence-corrected chi connectivity index (χ4v) is 1.64. The highest BCUT2D eigenvalue weighted by Crippen LogP contribution is 2.24. The first kappa shape index (κ1) is 14.6. The Morgan fingerprint density at radius 3 is 2.78 bits per heavy atom. The van der Waals surface area contributed by atoms with Crippen LogP contribution in [0.4, 0.5) is 9.18 Å². The lowest BCUT2D eigenvalue weighted by molar-refractivity contribution is -0.106. The first-order valence-electron chi connectivity index (χ1n) is 5.30. The van der Waals surface area contributed by atoms with Crippen molar-refractivity contribution in [1.29, 1.82) is 0 Å². The molecule has 3 unspecified atom stereocenters. The van der Waals surface area contributed by atoms with Gasteiger partial charge in [0.1, 0.15) is 6.10 Å². The molecule has 0 aromatic rings. The molecule has 1 heterocycles. The summed E-state index contributed by atoms with van der Waals surface area (Å²) >= 11 is 0. The molecule has 102 valence electrons. The number of aliphatic hydroxyl groups excluding tert-OH is 2. The summed E-state index contributed by atoms with van der Waals surface area (Å²) in [6.07, 6.45) is -2.17. The number of nitrogens with zero attached hydrogens (tertiary/aromatic N) is 1. The maximum atomic E-state index is 12.9. The van der Waals surface area contributed by atoms with E-state index >= 15 is 0 Å². The smallest absolute Gasteiger partial charge is 0.323 e. The number of amides is 2. The Morgan fingerprint density at radius 2 is 2.33 bits per heavy atom. The Balaban J connectivity index is 2.90. The number of urea groups is 1. The third kappa shape index (κ3) is 3.25. The van der Waals surface area contributed by atoms with E-state index in [0.29, 0.717) is 6.20 Å². The van der Waals surface area contributed by atoms with Gasteiger partial charge in [0, 0.05) is 13.5 Å². The summed E-state index contributed by atoms with van der Waals surface area (Å²) in [7, 11) is 1.31. The van der Waals surface area contributed by atoms with Gasteiger partial charge in [-0.1, -0.05) is 0 Å². The average Bonchev–Trinajstić information content (AvgIpc) is 2.75. The lowest BCUT2D eigenvalue weighted by Gasteiger charge is -2.26. The molecule has 1 rings (SSSR count). The lowest BCUT2D eigenvalue weighted by atomic mass is 10.2. The van der Waals surface area contributed by atoms with Crippen LogP contribution >= 0.6 is 0 Å². The van der Waals surface area contributed by atoms with Crippen molar-refractivity contribution in [3.8, 4) is 0 Å². The molecule has 0 bridgehead atoms. The van der Waals surface area contributed by atoms with Crippen LogP contribution in [0.5, 0.6) is 0 Å². The quantitative estimate of drug-likeness (QED) is 0.451. The normalized spacial score (nSPS) is 28.0. The number of ether oxygens (including phenoxy) is 1. The number of carbonyl (C=O) groups is 2. The van der Waals surface area contributed by atoms with E-state index in [1.54, 1.807) is 0 Å². The van der Waals surface area contributed by atoms with Crippen molar-refractivity contribution < 1.29 is 28.9 Å². The van der Waals surface area contributed by atoms with E-state index < -0.39 is 30.3 Å². The number of hydrogen-bond donors (Lipinski definition) is 3. The average molecular weight is 262 g/mol. The molecule has 1 fully saturated rings. The van der Waals surface area contributed by atoms with Crippen LogP contribution in [0.2, 0.25) is 0 Å². The van der Waals surface area contributed by atoms with Gasteiger partial charge in [-0.2, -0.15) is 0 Å². The zero-order valence-electron chi connectivity index (χ0n) is 9.75. The largest absolute Gasteiger partial charge is 0.394 e. The van der Waals surface area contributed by atoms with Crippen LogP contribution in [0, 0.1) is 0 Å². The molecule has 2 amide bonds. The minimum Gasteiger partial charge on any atom is -0.394 e. The summed E-state index contributed by atoms with van der Waals surface area (Å²) in [5, 5.41) is 20.8. The number of rotatable bonds is 4. The fraction of sp³-hybridized carbons (Fsp3) is 0.600. The Morgan fingerprint density at radius 1 is 1.67 bits per heavy atom. The standard InChI is InChI=1S/C10H15FN2O5/c1-12-10(17)13(3-6(11)4-14)9-8(16)2-7(5-15)18-9/h3-4,7-9,15-16H,2,5H2,1H3,(H,12,17)/b6-3+. The van der Waals surface area contributed by atoms with Gasteiger partial charge in [0.2, 0.25) is 0 Å². The second-order valence-electron chi connectivity index (χ2n) is 3.73. The molecule has 0 saturated carbocycles. The number of aldehydes is 1. The third-order valence-electron chi connectivity index (χ3n) is 2.47. The van der Waals surface area contributed by atoms with Crippen LogP contribution in [0.3, 0.4) is 0 Å². The Labute approximate surface area is 103 Å². The minimum atomic E-state index is -1.18. The van der Waals surface area contributed by atoms with Gasteiger partial charge in [-0.15, -0.1) is 0 Å². The van der Waals surface area contributed by atoms with E-state index in [1.807, 2.05) is 0 Å². The van der Waals surface area contributed by atoms with Gasteiger partial charge in [0.25, 0.3) is 0 Å². The van der Waals surface area contributed by atoms with Crippen molar-refractivity contribution >= 4 is 12.3 Å². The number of carbonyl (C=O) groups excluding carboxylic acids is 2. The second kappa shape index (κ2) is 6.43. The van der Waals surface area contributed by atoms with E-state index in [9.17, 15) is 19.1 Å². The Bertz CT molecular complexity index is 349. The van der Waals surface area contributed by atoms with Crippen molar-refractivity contribution in [2.45, 2.75) is 24.9 Å². The van der Waals surface area contributed by atoms with Gasteiger partial charge in [0.15, 0.2) is 18.3 Å². The summed E-state index contributed by atoms with van der Waals surface area (Å²) < 4.78 is 18.1. The predicted octanol–water partition coefficient (Wildman–Crippen LogP) is -0.894. The highest BCUT2D eigenvalue weighted by atomic mass is 19.1. The van der Waals surface area contributed by atoms with Gasteiger partial charge in [-0.05, 0) is 0 Å². The summed E-state index contributed by atoms with van der Waals surface area (Å²) in [5.41, 5.74) is 0. The van der Waals surface area contributed by atoms with Crippen molar-refractivity contribution in [2.75, 3.05) is 13.7 Å². The molecule has 8 heteroatoms. The van der Waals surface area contributed by atoms with Gasteiger partial charge >= 0.3 is 6.03 Å². The van der Waals surface area contributed by atoms with Crippen LogP contribution in [0.1, 0.15) is 6.42 Å². The van der Waals surface area contributed by atoms with Crippen molar-refractivity contribution in [2.24, 2.45) is 0 Å². The monoisotopic (exact) mass is 262 g/mol. The molecular weight excluding hydrogens is 247 g/mol. The maximum absolute atomic E-state index is 12.9. The number of allylic oxidation sites excluding steroid dienone is 1. The third-order valence-corrected chi connectivity index (χ3v) is 2.47. The zero-order valence-corrected chi connectivity index (χ0v) is 9.75. The summed E-state index contributed by atoms with van der Waals surface area (Å²) in [5.74, 6) is -1.18. The molecule has 1 aliphatic heterocycles. The number of halogens is 1. The fourth-order valence-electron chi connectivity index (χ4n) is 1.64. The summed E-state index contributed by atoms with van der Waals surface area (Å²) in [6, 6.07) is -0.741. The summed E-state index contributed by atoms with van der Waals surface area (Å²) in [6.45, 7) is -0.324. The first-order valence-corrected chi connectivity index (χ1v) is 5.30. The number of aliphatic hydroxyl groups is 2. The molecule has 0 aliphatic carbocycles. The molecule has 0 spiro atoms. The van der Waals surface area contributed by atoms with Crippen molar-refractivity contribution in [1.82, 2.24) is 10.2 Å². The predicted molar refractivity (Wildman–Crippen MR) is 57.9 cm³/mol. The van der Waals surface area contributed by atoms with E-state index in [-0.39, 0.29) is 19.3 Å². The molecular formula is C10H15FN2O5. The van der Waals surface area contributed by atoms with Crippen LogP contribution < -0.4 is 5.32 Å². The lowest BCUT2D eigenvalue weighted by Crippen LogP contribution is -2.46. The van der Waals surface area contributed by atoms with Crippen molar-refractivity contribution in [3.05, 3.63) is 12.0 Å². The van der Waals surface area contributed by atoms with Crippen LogP contribution in [-0.4, -0.2) is 59.5 Å². The molecule has 1 aliphatic rings. The van der Waals surface area contributed by atoms with E-state index in [4.69, 9.17) is 9.84 Å². The Hall–Kier alpha value is -1.51. The minimum absolute atomic E-state index is 0.0687. The molecule has 0 aromatic carbocycles. The zero-order chi connectivity index (χ0) is 13.7. The van der Waals surface area contributed by atoms with Crippen LogP contribution in [0.25, 0.3) is 0 Å². The van der Waals surface area contributed by atoms with Crippen LogP contribution in [0.15, 0.2) is 12.0 Å². The number of nitrogens with one attached hydrogen (secondary N) is 1. The van der Waals surface area contributed by atoms with E-state index in [0.717, 1.165) is 4.90 Å². The molecule has 0 aromatic heterocycles. The van der Waals surface area contributed by atoms with Crippen molar-refractivity contribution in [3.63, 3.8) is 0 Å². The molecule has 7 nitrogen and oxygen atoms in total. The van der Waals surface area contributed by atoms with Gasteiger partial charge in [0.05, 0.1) is 18.9 Å². The SMILES string of the molecule is CNC(=O)N(/C=C(/F)C=O)C1OC(CO)CC1O. The van der Waals surface area contributed by atoms with E-state index in [1.165, 1.54) is 7.05 Å². The van der Waals surface area contributed by atoms with Gasteiger partial charge in [-0.3, -0.25) is 9.69 Å². The van der Waals surface area contributed by atoms with Crippen LogP contribution in [-0.2, 0) is 9.53 Å². The molecule has 0 radical (unpaired) electrons. The molecule has 18 heavy (non-hydrogen) atoms. The second-order valence-corrected chi connectivity index (χ2v) is 3.73. The van der Waals surface area contributed by atoms with E-state index in [2.05, 4.69) is 5.32 Å². The molecule has 3 atom stereocenters. The highest BCUT2D eigenvalue weighted by Gasteiger charge is 2.39. The highest BCUT2D eigenvalue weighted by molar-refractivity contribution is 5.77. The van der Waals surface area contributed by atoms with Gasteiger partial charge in [-0.25, -0.2) is 9.18 Å². The summed E-state index contributed by atoms with van der Waals surface area (Å²) in [4.78, 5) is 22.5. The number of hydrogen-bond acceptors (Lipinski definition) is 5. The molecule has 3 N–H and O–H groups in total. The van der Waals surface area contributed by atoms with Gasteiger partial charge < -0.3 is 20.3 Å². The first-order chi connectivity index (χ1) is 8.53. The maximum Gasteiger partial charge on any atom is 0.323 e. The molecule has 1 saturated heterocycles. The topological polar surface area (TPSA) is 99.1 Å².